The van der Waals surface area contributed by atoms with E-state index >= 15 is 0 Å². The molecule has 0 aliphatic heterocycles. The van der Waals surface area contributed by atoms with Gasteiger partial charge in [-0.15, -0.1) is 0 Å². The van der Waals surface area contributed by atoms with Crippen molar-refractivity contribution in [3.63, 3.8) is 0 Å². The van der Waals surface area contributed by atoms with Crippen LogP contribution in [-0.2, 0) is 0 Å². The average Bonchev–Trinajstić information content (AvgIpc) is 2.54. The molecule has 0 aliphatic carbocycles. The van der Waals surface area contributed by atoms with Crippen molar-refractivity contribution in [3.8, 4) is 11.5 Å². The van der Waals surface area contributed by atoms with Gasteiger partial charge >= 0.3 is 0 Å². The molecule has 25 heavy (non-hydrogen) atoms. The Kier molecular flexibility index (Phi) is 6.78. The first-order valence-electron chi connectivity index (χ1n) is 7.75. The van der Waals surface area contributed by atoms with Gasteiger partial charge in [-0.05, 0) is 26.0 Å². The molecule has 5 nitrogen and oxygen atoms in total. The molecule has 0 fully saturated rings. The van der Waals surface area contributed by atoms with Crippen molar-refractivity contribution in [3.05, 3.63) is 59.7 Å². The molecule has 0 saturated heterocycles. The number of hydrogen-bond donors (Lipinski definition) is 4. The largest absolute Gasteiger partial charge is 0.457 e. The second-order valence-electron chi connectivity index (χ2n) is 5.43. The number of thioether (sulfide) groups is 2. The van der Waals surface area contributed by atoms with E-state index in [1.807, 2.05) is 62.4 Å². The van der Waals surface area contributed by atoms with Crippen LogP contribution >= 0.6 is 23.5 Å². The van der Waals surface area contributed by atoms with E-state index in [-0.39, 0.29) is 20.8 Å². The molecule has 0 heterocycles. The van der Waals surface area contributed by atoms with Crippen molar-refractivity contribution in [2.45, 2.75) is 24.3 Å². The molecule has 0 aromatic heterocycles. The monoisotopic (exact) mass is 374 g/mol. The lowest BCUT2D eigenvalue weighted by Gasteiger charge is -2.19. The third-order valence-corrected chi connectivity index (χ3v) is 5.26. The number of ether oxygens (including phenoxy) is 1. The summed E-state index contributed by atoms with van der Waals surface area (Å²) in [7, 11) is 0. The lowest BCUT2D eigenvalue weighted by atomic mass is 10.1. The summed E-state index contributed by atoms with van der Waals surface area (Å²) in [6.45, 7) is 3.99. The molecule has 0 spiro atoms. The zero-order chi connectivity index (χ0) is 18.4. The van der Waals surface area contributed by atoms with Crippen LogP contribution in [0.4, 0.5) is 0 Å². The molecule has 6 N–H and O–H groups in total. The Morgan fingerprint density at radius 1 is 0.800 bits per heavy atom. The number of nitrogens with two attached hydrogens (primary N) is 2. The molecular formula is C18H22N4OS2. The van der Waals surface area contributed by atoms with Crippen LogP contribution in [-0.4, -0.2) is 10.3 Å². The van der Waals surface area contributed by atoms with Gasteiger partial charge in [-0.3, -0.25) is 10.8 Å². The number of para-hydroxylation sites is 2. The van der Waals surface area contributed by atoms with E-state index in [1.165, 1.54) is 23.5 Å². The summed E-state index contributed by atoms with van der Waals surface area (Å²) in [5, 5.41) is 15.1. The molecule has 2 unspecified atom stereocenters. The summed E-state index contributed by atoms with van der Waals surface area (Å²) in [5.41, 5.74) is 13.0. The first kappa shape index (κ1) is 19.2. The molecule has 2 rings (SSSR count). The van der Waals surface area contributed by atoms with E-state index in [0.717, 1.165) is 22.6 Å². The lowest BCUT2D eigenvalue weighted by molar-refractivity contribution is 0.470. The molecule has 2 atom stereocenters. The van der Waals surface area contributed by atoms with Gasteiger partial charge in [0.05, 0.1) is 0 Å². The number of nitrogens with one attached hydrogen (secondary N) is 2. The van der Waals surface area contributed by atoms with Crippen LogP contribution in [0.5, 0.6) is 11.5 Å². The Bertz CT molecular complexity index is 703. The normalized spacial score (nSPS) is 13.0. The summed E-state index contributed by atoms with van der Waals surface area (Å²) in [5.74, 6) is 1.47. The molecule has 132 valence electrons. The highest BCUT2D eigenvalue weighted by atomic mass is 32.2. The van der Waals surface area contributed by atoms with Gasteiger partial charge in [-0.1, -0.05) is 59.9 Å². The van der Waals surface area contributed by atoms with E-state index in [2.05, 4.69) is 0 Å². The van der Waals surface area contributed by atoms with Gasteiger partial charge in [0.15, 0.2) is 10.3 Å². The number of benzene rings is 2. The van der Waals surface area contributed by atoms with Crippen LogP contribution < -0.4 is 16.2 Å². The topological polar surface area (TPSA) is 109 Å². The van der Waals surface area contributed by atoms with E-state index < -0.39 is 0 Å². The predicted octanol–water partition coefficient (Wildman–Crippen LogP) is 4.85. The zero-order valence-electron chi connectivity index (χ0n) is 14.2. The standard InChI is InChI=1S/C18H22N4OS2/c1-11(24-17(19)20)13-7-3-5-9-15(13)23-16-10-6-4-8-14(16)12(2)25-18(21)22/h3-12H,1-2H3,(H3,19,20)(H3,21,22). The minimum atomic E-state index is 0.00452. The minimum Gasteiger partial charge on any atom is -0.457 e. The first-order valence-corrected chi connectivity index (χ1v) is 9.51. The molecule has 2 aromatic carbocycles. The molecule has 2 aromatic rings. The summed E-state index contributed by atoms with van der Waals surface area (Å²) in [6.07, 6.45) is 0. The summed E-state index contributed by atoms with van der Waals surface area (Å²) < 4.78 is 6.20. The smallest absolute Gasteiger partial charge is 0.151 e. The summed E-state index contributed by atoms with van der Waals surface area (Å²) in [4.78, 5) is 0. The quantitative estimate of drug-likeness (QED) is 0.427. The Labute approximate surface area is 156 Å². The highest BCUT2D eigenvalue weighted by Crippen LogP contribution is 2.40. The van der Waals surface area contributed by atoms with Crippen molar-refractivity contribution < 1.29 is 4.74 Å². The fourth-order valence-corrected chi connectivity index (χ4v) is 3.85. The molecular weight excluding hydrogens is 352 g/mol. The maximum absolute atomic E-state index is 7.49. The second kappa shape index (κ2) is 8.82. The van der Waals surface area contributed by atoms with Crippen LogP contribution in [0.1, 0.15) is 35.5 Å². The number of rotatable bonds is 6. The van der Waals surface area contributed by atoms with E-state index in [0.29, 0.717) is 0 Å². The third kappa shape index (κ3) is 5.44. The predicted molar refractivity (Wildman–Crippen MR) is 109 cm³/mol. The maximum atomic E-state index is 7.49. The van der Waals surface area contributed by atoms with Crippen LogP contribution in [0, 0.1) is 10.8 Å². The van der Waals surface area contributed by atoms with E-state index in [1.54, 1.807) is 0 Å². The van der Waals surface area contributed by atoms with Gasteiger partial charge in [0, 0.05) is 21.6 Å². The highest BCUT2D eigenvalue weighted by Gasteiger charge is 2.17. The molecule has 0 amide bonds. The number of hydrogen-bond acceptors (Lipinski definition) is 5. The van der Waals surface area contributed by atoms with Crippen molar-refractivity contribution in [1.82, 2.24) is 0 Å². The van der Waals surface area contributed by atoms with Crippen LogP contribution in [0.3, 0.4) is 0 Å². The summed E-state index contributed by atoms with van der Waals surface area (Å²) >= 11 is 2.57. The molecule has 0 saturated carbocycles. The van der Waals surface area contributed by atoms with Gasteiger partial charge in [-0.2, -0.15) is 0 Å². The minimum absolute atomic E-state index is 0.00452. The lowest BCUT2D eigenvalue weighted by Crippen LogP contribution is -2.07. The van der Waals surface area contributed by atoms with Gasteiger partial charge in [-0.25, -0.2) is 0 Å². The molecule has 7 heteroatoms. The Hall–Kier alpha value is -2.12. The van der Waals surface area contributed by atoms with Crippen LogP contribution in [0.15, 0.2) is 48.5 Å². The van der Waals surface area contributed by atoms with Crippen molar-refractivity contribution in [2.75, 3.05) is 0 Å². The van der Waals surface area contributed by atoms with Crippen LogP contribution in [0.2, 0.25) is 0 Å². The van der Waals surface area contributed by atoms with Gasteiger partial charge in [0.2, 0.25) is 0 Å². The maximum Gasteiger partial charge on any atom is 0.151 e. The van der Waals surface area contributed by atoms with Crippen molar-refractivity contribution >= 4 is 33.9 Å². The summed E-state index contributed by atoms with van der Waals surface area (Å²) in [6, 6.07) is 15.5. The Balaban J connectivity index is 2.32. The average molecular weight is 375 g/mol. The van der Waals surface area contributed by atoms with E-state index in [4.69, 9.17) is 27.0 Å². The molecule has 0 bridgehead atoms. The van der Waals surface area contributed by atoms with E-state index in [9.17, 15) is 0 Å². The van der Waals surface area contributed by atoms with Crippen molar-refractivity contribution in [2.24, 2.45) is 11.5 Å². The fourth-order valence-electron chi connectivity index (χ4n) is 2.44. The van der Waals surface area contributed by atoms with Crippen LogP contribution in [0.25, 0.3) is 0 Å². The first-order chi connectivity index (χ1) is 11.9. The number of amidine groups is 2. The fraction of sp³-hybridized carbons (Fsp3) is 0.222. The van der Waals surface area contributed by atoms with Crippen molar-refractivity contribution in [1.29, 1.82) is 10.8 Å². The third-order valence-electron chi connectivity index (χ3n) is 3.54. The van der Waals surface area contributed by atoms with Gasteiger partial charge < -0.3 is 16.2 Å². The van der Waals surface area contributed by atoms with Gasteiger partial charge in [0.1, 0.15) is 11.5 Å². The molecule has 0 radical (unpaired) electrons. The molecule has 0 aliphatic rings. The second-order valence-corrected chi connectivity index (χ2v) is 8.19. The Morgan fingerprint density at radius 3 is 1.52 bits per heavy atom. The Morgan fingerprint density at radius 2 is 1.16 bits per heavy atom. The highest BCUT2D eigenvalue weighted by molar-refractivity contribution is 8.14. The van der Waals surface area contributed by atoms with Gasteiger partial charge in [0.25, 0.3) is 0 Å². The SMILES string of the molecule is CC(SC(=N)N)c1ccccc1Oc1ccccc1C(C)SC(=N)N. The zero-order valence-corrected chi connectivity index (χ0v) is 15.8.